The number of hydrogen-bond acceptors (Lipinski definition) is 4. The van der Waals surface area contributed by atoms with Gasteiger partial charge in [-0.05, 0) is 24.8 Å². The zero-order valence-corrected chi connectivity index (χ0v) is 12.1. The second-order valence-electron chi connectivity index (χ2n) is 5.22. The minimum Gasteiger partial charge on any atom is -0.423 e. The number of halogens is 1. The summed E-state index contributed by atoms with van der Waals surface area (Å²) >= 11 is 6.37. The van der Waals surface area contributed by atoms with E-state index in [9.17, 15) is 0 Å². The first-order valence-electron chi connectivity index (χ1n) is 6.79. The highest BCUT2D eigenvalue weighted by Gasteiger charge is 2.39. The van der Waals surface area contributed by atoms with Gasteiger partial charge >= 0.3 is 0 Å². The summed E-state index contributed by atoms with van der Waals surface area (Å²) in [5.41, 5.74) is 0.840. The van der Waals surface area contributed by atoms with Crippen molar-refractivity contribution in [2.75, 3.05) is 7.11 Å². The Morgan fingerprint density at radius 1 is 1.30 bits per heavy atom. The van der Waals surface area contributed by atoms with Gasteiger partial charge in [0.15, 0.2) is 0 Å². The molecule has 1 aliphatic rings. The molecule has 0 N–H and O–H groups in total. The van der Waals surface area contributed by atoms with Crippen LogP contribution in [-0.2, 0) is 11.2 Å². The first-order chi connectivity index (χ1) is 9.72. The van der Waals surface area contributed by atoms with Gasteiger partial charge in [0.25, 0.3) is 0 Å². The number of methoxy groups -OCH3 is 1. The minimum atomic E-state index is -0.405. The van der Waals surface area contributed by atoms with E-state index in [4.69, 9.17) is 20.8 Å². The van der Waals surface area contributed by atoms with Crippen LogP contribution in [-0.4, -0.2) is 22.9 Å². The number of hydrogen-bond donors (Lipinski definition) is 0. The van der Waals surface area contributed by atoms with Gasteiger partial charge in [0, 0.05) is 7.11 Å². The van der Waals surface area contributed by atoms with E-state index in [0.717, 1.165) is 18.4 Å². The second kappa shape index (κ2) is 5.54. The van der Waals surface area contributed by atoms with Gasteiger partial charge in [0.2, 0.25) is 11.8 Å². The molecule has 0 radical (unpaired) electrons. The minimum absolute atomic E-state index is 0.113. The van der Waals surface area contributed by atoms with Crippen LogP contribution in [0.15, 0.2) is 34.7 Å². The number of ether oxygens (including phenoxy) is 1. The Labute approximate surface area is 123 Å². The summed E-state index contributed by atoms with van der Waals surface area (Å²) in [7, 11) is 1.74. The summed E-state index contributed by atoms with van der Waals surface area (Å²) in [6, 6.07) is 9.73. The summed E-state index contributed by atoms with van der Waals surface area (Å²) in [6.45, 7) is 0. The molecular weight excluding hydrogens is 276 g/mol. The van der Waals surface area contributed by atoms with Gasteiger partial charge < -0.3 is 9.15 Å². The highest BCUT2D eigenvalue weighted by molar-refractivity contribution is 6.22. The smallest absolute Gasteiger partial charge is 0.238 e. The number of aromatic nitrogens is 2. The third-order valence-electron chi connectivity index (χ3n) is 3.96. The molecule has 1 heterocycles. The van der Waals surface area contributed by atoms with Gasteiger partial charge in [0.1, 0.15) is 5.38 Å². The molecular formula is C15H17ClN2O2. The molecule has 20 heavy (non-hydrogen) atoms. The van der Waals surface area contributed by atoms with Gasteiger partial charge in [-0.15, -0.1) is 21.8 Å². The molecule has 0 aliphatic heterocycles. The predicted molar refractivity (Wildman–Crippen MR) is 75.7 cm³/mol. The summed E-state index contributed by atoms with van der Waals surface area (Å²) in [4.78, 5) is 0. The van der Waals surface area contributed by atoms with Gasteiger partial charge in [-0.2, -0.15) is 0 Å². The van der Waals surface area contributed by atoms with E-state index in [1.807, 2.05) is 30.3 Å². The molecule has 5 heteroatoms. The molecule has 4 nitrogen and oxygen atoms in total. The molecule has 0 bridgehead atoms. The standard InChI is InChI=1S/C15H17ClN2O2/c1-19-15(8-5-9-15)10-12-17-18-14(20-12)13(16)11-6-3-2-4-7-11/h2-4,6-7,13H,5,8-10H2,1H3. The molecule has 1 fully saturated rings. The molecule has 0 spiro atoms. The summed E-state index contributed by atoms with van der Waals surface area (Å²) in [5, 5.41) is 7.76. The fourth-order valence-electron chi connectivity index (χ4n) is 2.50. The maximum atomic E-state index is 6.37. The molecule has 3 rings (SSSR count). The molecule has 1 unspecified atom stereocenters. The van der Waals surface area contributed by atoms with Crippen molar-refractivity contribution in [3.63, 3.8) is 0 Å². The zero-order chi connectivity index (χ0) is 14.0. The van der Waals surface area contributed by atoms with Crippen molar-refractivity contribution < 1.29 is 9.15 Å². The summed E-state index contributed by atoms with van der Waals surface area (Å²) < 4.78 is 11.3. The maximum Gasteiger partial charge on any atom is 0.238 e. The Balaban J connectivity index is 1.73. The van der Waals surface area contributed by atoms with Crippen LogP contribution in [0.1, 0.15) is 42.0 Å². The molecule has 2 aromatic rings. The molecule has 1 aliphatic carbocycles. The zero-order valence-electron chi connectivity index (χ0n) is 11.4. The summed E-state index contributed by atoms with van der Waals surface area (Å²) in [5.74, 6) is 1.04. The first kappa shape index (κ1) is 13.6. The fraction of sp³-hybridized carbons (Fsp3) is 0.467. The van der Waals surface area contributed by atoms with E-state index in [-0.39, 0.29) is 5.60 Å². The number of nitrogens with zero attached hydrogens (tertiary/aromatic N) is 2. The fourth-order valence-corrected chi connectivity index (χ4v) is 2.74. The van der Waals surface area contributed by atoms with E-state index in [1.165, 1.54) is 6.42 Å². The van der Waals surface area contributed by atoms with Crippen LogP contribution in [0.4, 0.5) is 0 Å². The van der Waals surface area contributed by atoms with Gasteiger partial charge in [-0.1, -0.05) is 30.3 Å². The third kappa shape index (κ3) is 2.58. The lowest BCUT2D eigenvalue weighted by molar-refractivity contribution is -0.0746. The SMILES string of the molecule is COC1(Cc2nnc(C(Cl)c3ccccc3)o2)CCC1. The van der Waals surface area contributed by atoms with Crippen LogP contribution in [0, 0.1) is 0 Å². The van der Waals surface area contributed by atoms with Crippen molar-refractivity contribution in [1.29, 1.82) is 0 Å². The van der Waals surface area contributed by atoms with Crippen molar-refractivity contribution in [2.45, 2.75) is 36.7 Å². The van der Waals surface area contributed by atoms with Crippen LogP contribution in [0.25, 0.3) is 0 Å². The van der Waals surface area contributed by atoms with Crippen molar-refractivity contribution in [3.05, 3.63) is 47.7 Å². The van der Waals surface area contributed by atoms with E-state index in [0.29, 0.717) is 18.2 Å². The van der Waals surface area contributed by atoms with E-state index >= 15 is 0 Å². The maximum absolute atomic E-state index is 6.37. The number of benzene rings is 1. The second-order valence-corrected chi connectivity index (χ2v) is 5.66. The lowest BCUT2D eigenvalue weighted by Gasteiger charge is -2.39. The topological polar surface area (TPSA) is 48.2 Å². The van der Waals surface area contributed by atoms with Crippen LogP contribution >= 0.6 is 11.6 Å². The van der Waals surface area contributed by atoms with Crippen molar-refractivity contribution in [1.82, 2.24) is 10.2 Å². The van der Waals surface area contributed by atoms with Gasteiger partial charge in [0.05, 0.1) is 12.0 Å². The Morgan fingerprint density at radius 3 is 2.65 bits per heavy atom. The van der Waals surface area contributed by atoms with Crippen molar-refractivity contribution in [2.24, 2.45) is 0 Å². The van der Waals surface area contributed by atoms with Gasteiger partial charge in [-0.25, -0.2) is 0 Å². The summed E-state index contributed by atoms with van der Waals surface area (Å²) in [6.07, 6.45) is 3.94. The van der Waals surface area contributed by atoms with Gasteiger partial charge in [-0.3, -0.25) is 0 Å². The van der Waals surface area contributed by atoms with Crippen LogP contribution in [0.5, 0.6) is 0 Å². The third-order valence-corrected chi connectivity index (χ3v) is 4.40. The molecule has 106 valence electrons. The van der Waals surface area contributed by atoms with Crippen molar-refractivity contribution in [3.8, 4) is 0 Å². The molecule has 1 aromatic heterocycles. The normalized spacial score (nSPS) is 18.5. The van der Waals surface area contributed by atoms with Crippen LogP contribution in [0.3, 0.4) is 0 Å². The Morgan fingerprint density at radius 2 is 2.05 bits per heavy atom. The average molecular weight is 293 g/mol. The molecule has 1 aromatic carbocycles. The lowest BCUT2D eigenvalue weighted by atomic mass is 9.77. The average Bonchev–Trinajstić information content (AvgIpc) is 2.91. The Kier molecular flexibility index (Phi) is 3.76. The van der Waals surface area contributed by atoms with Crippen LogP contribution in [0.2, 0.25) is 0 Å². The van der Waals surface area contributed by atoms with E-state index < -0.39 is 5.38 Å². The number of alkyl halides is 1. The highest BCUT2D eigenvalue weighted by Crippen LogP contribution is 2.38. The van der Waals surface area contributed by atoms with E-state index in [2.05, 4.69) is 10.2 Å². The monoisotopic (exact) mass is 292 g/mol. The lowest BCUT2D eigenvalue weighted by Crippen LogP contribution is -2.41. The van der Waals surface area contributed by atoms with Crippen LogP contribution < -0.4 is 0 Å². The predicted octanol–water partition coefficient (Wildman–Crippen LogP) is 3.51. The Hall–Kier alpha value is -1.39. The quantitative estimate of drug-likeness (QED) is 0.791. The van der Waals surface area contributed by atoms with E-state index in [1.54, 1.807) is 7.11 Å². The molecule has 1 saturated carbocycles. The molecule has 0 amide bonds. The largest absolute Gasteiger partial charge is 0.423 e. The van der Waals surface area contributed by atoms with Crippen molar-refractivity contribution >= 4 is 11.6 Å². The number of rotatable bonds is 5. The molecule has 0 saturated heterocycles. The first-order valence-corrected chi connectivity index (χ1v) is 7.22. The highest BCUT2D eigenvalue weighted by atomic mass is 35.5. The Bertz CT molecular complexity index is 561. The molecule has 1 atom stereocenters.